The van der Waals surface area contributed by atoms with E-state index in [-0.39, 0.29) is 0 Å². The Bertz CT molecular complexity index is 287. The first-order valence-electron chi connectivity index (χ1n) is 5.05. The molecule has 1 fully saturated rings. The standard InChI is InChI=1S/C10H16N2OS/c13-14-6-3-9(4-7-14)12-8-10-2-1-5-11-10/h1-2,5,9,11-12H,3-4,6-8H2. The molecule has 1 aliphatic heterocycles. The van der Waals surface area contributed by atoms with Crippen LogP contribution >= 0.6 is 0 Å². The van der Waals surface area contributed by atoms with Gasteiger partial charge in [-0.1, -0.05) is 0 Å². The molecule has 4 heteroatoms. The molecule has 0 bridgehead atoms. The highest BCUT2D eigenvalue weighted by Crippen LogP contribution is 2.09. The van der Waals surface area contributed by atoms with Crippen molar-refractivity contribution in [3.05, 3.63) is 24.0 Å². The molecule has 14 heavy (non-hydrogen) atoms. The summed E-state index contributed by atoms with van der Waals surface area (Å²) in [6, 6.07) is 4.64. The zero-order valence-corrected chi connectivity index (χ0v) is 8.98. The lowest BCUT2D eigenvalue weighted by Gasteiger charge is -2.22. The molecule has 0 amide bonds. The summed E-state index contributed by atoms with van der Waals surface area (Å²) in [4.78, 5) is 3.16. The number of hydrogen-bond donors (Lipinski definition) is 2. The lowest BCUT2D eigenvalue weighted by Crippen LogP contribution is -2.35. The van der Waals surface area contributed by atoms with Crippen molar-refractivity contribution in [3.63, 3.8) is 0 Å². The van der Waals surface area contributed by atoms with Gasteiger partial charge in [0, 0.05) is 46.8 Å². The zero-order chi connectivity index (χ0) is 9.80. The van der Waals surface area contributed by atoms with E-state index in [0.717, 1.165) is 30.9 Å². The van der Waals surface area contributed by atoms with Crippen molar-refractivity contribution >= 4 is 10.8 Å². The molecule has 0 aromatic carbocycles. The van der Waals surface area contributed by atoms with Crippen LogP contribution in [0.3, 0.4) is 0 Å². The Morgan fingerprint density at radius 3 is 2.93 bits per heavy atom. The molecule has 0 aliphatic carbocycles. The second-order valence-corrected chi connectivity index (χ2v) is 5.39. The summed E-state index contributed by atoms with van der Waals surface area (Å²) < 4.78 is 11.1. The van der Waals surface area contributed by atoms with Gasteiger partial charge in [-0.3, -0.25) is 4.21 Å². The van der Waals surface area contributed by atoms with Crippen molar-refractivity contribution < 1.29 is 4.21 Å². The monoisotopic (exact) mass is 212 g/mol. The van der Waals surface area contributed by atoms with E-state index < -0.39 is 10.8 Å². The van der Waals surface area contributed by atoms with Crippen LogP contribution in [-0.4, -0.2) is 26.7 Å². The highest BCUT2D eigenvalue weighted by molar-refractivity contribution is 7.85. The van der Waals surface area contributed by atoms with Gasteiger partial charge in [-0.15, -0.1) is 0 Å². The molecule has 1 aromatic heterocycles. The number of aromatic nitrogens is 1. The van der Waals surface area contributed by atoms with E-state index in [1.54, 1.807) is 0 Å². The molecule has 0 unspecified atom stereocenters. The molecule has 2 N–H and O–H groups in total. The predicted octanol–water partition coefficient (Wildman–Crippen LogP) is 1.02. The Hall–Kier alpha value is -0.610. The molecule has 0 spiro atoms. The first kappa shape index (κ1) is 9.93. The maximum atomic E-state index is 11.1. The van der Waals surface area contributed by atoms with Crippen LogP contribution in [0, 0.1) is 0 Å². The summed E-state index contributed by atoms with van der Waals surface area (Å²) in [5.74, 6) is 1.73. The summed E-state index contributed by atoms with van der Waals surface area (Å²) in [6.45, 7) is 0.893. The molecule has 0 atom stereocenters. The van der Waals surface area contributed by atoms with E-state index in [1.165, 1.54) is 5.69 Å². The van der Waals surface area contributed by atoms with Gasteiger partial charge in [0.05, 0.1) is 0 Å². The third-order valence-electron chi connectivity index (χ3n) is 2.63. The van der Waals surface area contributed by atoms with Crippen molar-refractivity contribution in [1.29, 1.82) is 0 Å². The van der Waals surface area contributed by atoms with Gasteiger partial charge in [0.25, 0.3) is 0 Å². The molecular formula is C10H16N2OS. The third-order valence-corrected chi connectivity index (χ3v) is 4.01. The van der Waals surface area contributed by atoms with E-state index >= 15 is 0 Å². The summed E-state index contributed by atoms with van der Waals surface area (Å²) in [5, 5.41) is 3.48. The molecule has 3 nitrogen and oxygen atoms in total. The van der Waals surface area contributed by atoms with E-state index in [0.29, 0.717) is 6.04 Å². The molecular weight excluding hydrogens is 196 g/mol. The molecule has 2 heterocycles. The van der Waals surface area contributed by atoms with Crippen molar-refractivity contribution in [1.82, 2.24) is 10.3 Å². The lowest BCUT2D eigenvalue weighted by molar-refractivity contribution is 0.472. The average Bonchev–Trinajstić information content (AvgIpc) is 2.70. The molecule has 1 saturated heterocycles. The van der Waals surface area contributed by atoms with Gasteiger partial charge in [-0.25, -0.2) is 0 Å². The van der Waals surface area contributed by atoms with Crippen molar-refractivity contribution in [2.45, 2.75) is 25.4 Å². The molecule has 2 rings (SSSR count). The van der Waals surface area contributed by atoms with Gasteiger partial charge in [-0.05, 0) is 25.0 Å². The van der Waals surface area contributed by atoms with Gasteiger partial charge < -0.3 is 10.3 Å². The van der Waals surface area contributed by atoms with E-state index in [9.17, 15) is 4.21 Å². The van der Waals surface area contributed by atoms with Gasteiger partial charge in [0.2, 0.25) is 0 Å². The lowest BCUT2D eigenvalue weighted by atomic mass is 10.1. The molecule has 78 valence electrons. The van der Waals surface area contributed by atoms with Crippen molar-refractivity contribution in [2.24, 2.45) is 0 Å². The van der Waals surface area contributed by atoms with Crippen molar-refractivity contribution in [2.75, 3.05) is 11.5 Å². The number of rotatable bonds is 3. The van der Waals surface area contributed by atoms with Gasteiger partial charge in [0.1, 0.15) is 0 Å². The first-order chi connectivity index (χ1) is 6.84. The highest BCUT2D eigenvalue weighted by atomic mass is 32.2. The van der Waals surface area contributed by atoms with Gasteiger partial charge in [0.15, 0.2) is 0 Å². The maximum Gasteiger partial charge on any atom is 0.0359 e. The summed E-state index contributed by atoms with van der Waals surface area (Å²) in [6.07, 6.45) is 4.04. The third kappa shape index (κ3) is 2.69. The maximum absolute atomic E-state index is 11.1. The Labute approximate surface area is 86.7 Å². The Morgan fingerprint density at radius 1 is 1.50 bits per heavy atom. The first-order valence-corrected chi connectivity index (χ1v) is 6.54. The van der Waals surface area contributed by atoms with E-state index in [1.807, 2.05) is 12.3 Å². The number of hydrogen-bond acceptors (Lipinski definition) is 2. The largest absolute Gasteiger partial charge is 0.364 e. The minimum atomic E-state index is -0.549. The molecule has 0 radical (unpaired) electrons. The quantitative estimate of drug-likeness (QED) is 0.785. The fourth-order valence-electron chi connectivity index (χ4n) is 1.73. The van der Waals surface area contributed by atoms with Crippen LogP contribution in [0.15, 0.2) is 18.3 Å². The Kier molecular flexibility index (Phi) is 3.37. The summed E-state index contributed by atoms with van der Waals surface area (Å²) >= 11 is 0. The number of H-pyrrole nitrogens is 1. The SMILES string of the molecule is O=S1CCC(NCc2ccc[nH]2)CC1. The topological polar surface area (TPSA) is 44.9 Å². The number of aromatic amines is 1. The zero-order valence-electron chi connectivity index (χ0n) is 8.16. The van der Waals surface area contributed by atoms with E-state index in [4.69, 9.17) is 0 Å². The van der Waals surface area contributed by atoms with Crippen LogP contribution in [0.5, 0.6) is 0 Å². The Balaban J connectivity index is 1.73. The predicted molar refractivity (Wildman–Crippen MR) is 58.5 cm³/mol. The van der Waals surface area contributed by atoms with Gasteiger partial charge in [-0.2, -0.15) is 0 Å². The summed E-state index contributed by atoms with van der Waals surface area (Å²) in [5.41, 5.74) is 1.22. The fraction of sp³-hybridized carbons (Fsp3) is 0.600. The normalized spacial score (nSPS) is 27.7. The van der Waals surface area contributed by atoms with E-state index in [2.05, 4.69) is 16.4 Å². The van der Waals surface area contributed by atoms with Crippen LogP contribution in [-0.2, 0) is 17.3 Å². The van der Waals surface area contributed by atoms with Gasteiger partial charge >= 0.3 is 0 Å². The minimum absolute atomic E-state index is 0.549. The Morgan fingerprint density at radius 2 is 2.29 bits per heavy atom. The second kappa shape index (κ2) is 4.75. The van der Waals surface area contributed by atoms with Crippen LogP contribution < -0.4 is 5.32 Å². The minimum Gasteiger partial charge on any atom is -0.364 e. The second-order valence-electron chi connectivity index (χ2n) is 3.70. The van der Waals surface area contributed by atoms with Crippen molar-refractivity contribution in [3.8, 4) is 0 Å². The molecule has 1 aliphatic rings. The molecule has 0 saturated carbocycles. The highest BCUT2D eigenvalue weighted by Gasteiger charge is 2.16. The summed E-state index contributed by atoms with van der Waals surface area (Å²) in [7, 11) is -0.549. The fourth-order valence-corrected chi connectivity index (χ4v) is 3.03. The smallest absolute Gasteiger partial charge is 0.0359 e. The van der Waals surface area contributed by atoms with Crippen LogP contribution in [0.1, 0.15) is 18.5 Å². The number of nitrogens with one attached hydrogen (secondary N) is 2. The van der Waals surface area contributed by atoms with Crippen LogP contribution in [0.4, 0.5) is 0 Å². The molecule has 1 aromatic rings. The average molecular weight is 212 g/mol. The van der Waals surface area contributed by atoms with Crippen LogP contribution in [0.2, 0.25) is 0 Å². The van der Waals surface area contributed by atoms with Crippen LogP contribution in [0.25, 0.3) is 0 Å².